The third-order valence-corrected chi connectivity index (χ3v) is 4.30. The molecule has 0 radical (unpaired) electrons. The molecule has 1 atom stereocenters. The van der Waals surface area contributed by atoms with Crippen molar-refractivity contribution in [1.29, 1.82) is 0 Å². The van der Waals surface area contributed by atoms with Crippen LogP contribution in [-0.2, 0) is 22.7 Å². The van der Waals surface area contributed by atoms with Crippen molar-refractivity contribution in [2.24, 2.45) is 0 Å². The first-order chi connectivity index (χ1) is 12.3. The zero-order valence-electron chi connectivity index (χ0n) is 14.1. The molecule has 2 N–H and O–H groups in total. The first-order valence-electron chi connectivity index (χ1n) is 8.13. The quantitative estimate of drug-likeness (QED) is 0.774. The van der Waals surface area contributed by atoms with Crippen molar-refractivity contribution in [1.82, 2.24) is 15.1 Å². The molecule has 0 bridgehead atoms. The molecule has 1 unspecified atom stereocenters. The number of nitrogens with one attached hydrogen (secondary N) is 1. The number of aliphatic hydroxyl groups is 1. The molecule has 138 valence electrons. The number of benzene rings is 1. The number of halogens is 2. The number of carbonyl (C=O) groups is 2. The van der Waals surface area contributed by atoms with E-state index < -0.39 is 29.0 Å². The van der Waals surface area contributed by atoms with Crippen molar-refractivity contribution in [3.05, 3.63) is 47.8 Å². The van der Waals surface area contributed by atoms with Gasteiger partial charge in [-0.1, -0.05) is 0 Å². The lowest BCUT2D eigenvalue weighted by molar-refractivity contribution is -0.149. The number of carbonyl (C=O) groups excluding carboxylic acids is 2. The Kier molecular flexibility index (Phi) is 4.73. The number of aryl methyl sites for hydroxylation is 1. The fraction of sp³-hybridized carbons (Fsp3) is 0.353. The number of amides is 2. The summed E-state index contributed by atoms with van der Waals surface area (Å²) in [7, 11) is 0. The van der Waals surface area contributed by atoms with Gasteiger partial charge in [0.15, 0.2) is 0 Å². The molecule has 0 aliphatic carbocycles. The third-order valence-electron chi connectivity index (χ3n) is 4.30. The molecular formula is C17H18F2N4O3. The molecule has 1 fully saturated rings. The summed E-state index contributed by atoms with van der Waals surface area (Å²) in [4.78, 5) is 26.2. The van der Waals surface area contributed by atoms with Crippen molar-refractivity contribution in [3.8, 4) is 0 Å². The number of hydrogen-bond donors (Lipinski definition) is 2. The maximum absolute atomic E-state index is 13.2. The third kappa shape index (κ3) is 3.30. The Morgan fingerprint density at radius 3 is 2.65 bits per heavy atom. The molecular weight excluding hydrogens is 346 g/mol. The van der Waals surface area contributed by atoms with Crippen molar-refractivity contribution in [2.45, 2.75) is 32.0 Å². The van der Waals surface area contributed by atoms with Gasteiger partial charge in [0.1, 0.15) is 11.6 Å². The maximum Gasteiger partial charge on any atom is 0.268 e. The Morgan fingerprint density at radius 2 is 2.04 bits per heavy atom. The van der Waals surface area contributed by atoms with Crippen LogP contribution in [0.1, 0.15) is 18.9 Å². The van der Waals surface area contributed by atoms with E-state index in [1.54, 1.807) is 10.9 Å². The van der Waals surface area contributed by atoms with Gasteiger partial charge in [0, 0.05) is 38.3 Å². The van der Waals surface area contributed by atoms with E-state index in [2.05, 4.69) is 10.4 Å². The number of aromatic nitrogens is 2. The predicted octanol–water partition coefficient (Wildman–Crippen LogP) is 0.965. The van der Waals surface area contributed by atoms with Gasteiger partial charge in [-0.2, -0.15) is 5.10 Å². The molecule has 2 amide bonds. The smallest absolute Gasteiger partial charge is 0.268 e. The highest BCUT2D eigenvalue weighted by molar-refractivity contribution is 6.16. The normalized spacial score (nSPS) is 19.8. The topological polar surface area (TPSA) is 87.5 Å². The van der Waals surface area contributed by atoms with Crippen molar-refractivity contribution >= 4 is 17.5 Å². The van der Waals surface area contributed by atoms with Gasteiger partial charge in [-0.05, 0) is 24.6 Å². The zero-order chi connectivity index (χ0) is 18.9. The average Bonchev–Trinajstić information content (AvgIpc) is 3.18. The second-order valence-electron chi connectivity index (χ2n) is 6.08. The van der Waals surface area contributed by atoms with E-state index in [1.807, 2.05) is 6.92 Å². The van der Waals surface area contributed by atoms with Crippen LogP contribution in [0.5, 0.6) is 0 Å². The summed E-state index contributed by atoms with van der Waals surface area (Å²) in [5.41, 5.74) is -1.54. The molecule has 2 heterocycles. The lowest BCUT2D eigenvalue weighted by Gasteiger charge is -2.21. The Bertz CT molecular complexity index is 834. The van der Waals surface area contributed by atoms with E-state index in [0.717, 1.165) is 12.1 Å². The first kappa shape index (κ1) is 18.0. The summed E-state index contributed by atoms with van der Waals surface area (Å²) >= 11 is 0. The van der Waals surface area contributed by atoms with Crippen LogP contribution in [0.3, 0.4) is 0 Å². The monoisotopic (exact) mass is 364 g/mol. The van der Waals surface area contributed by atoms with Crippen LogP contribution >= 0.6 is 0 Å². The highest BCUT2D eigenvalue weighted by atomic mass is 19.1. The van der Waals surface area contributed by atoms with Gasteiger partial charge in [-0.25, -0.2) is 8.78 Å². The van der Waals surface area contributed by atoms with Crippen LogP contribution < -0.4 is 10.2 Å². The molecule has 3 rings (SSSR count). The van der Waals surface area contributed by atoms with E-state index >= 15 is 0 Å². The van der Waals surface area contributed by atoms with E-state index in [9.17, 15) is 23.5 Å². The van der Waals surface area contributed by atoms with Gasteiger partial charge in [0.2, 0.25) is 5.60 Å². The lowest BCUT2D eigenvalue weighted by atomic mass is 10.0. The van der Waals surface area contributed by atoms with Crippen molar-refractivity contribution in [2.75, 3.05) is 11.4 Å². The second-order valence-corrected chi connectivity index (χ2v) is 6.08. The fourth-order valence-electron chi connectivity index (χ4n) is 2.87. The van der Waals surface area contributed by atoms with Crippen LogP contribution in [0.15, 0.2) is 30.6 Å². The van der Waals surface area contributed by atoms with Crippen LogP contribution in [0.2, 0.25) is 0 Å². The molecule has 1 aliphatic rings. The van der Waals surface area contributed by atoms with E-state index in [0.29, 0.717) is 18.3 Å². The highest BCUT2D eigenvalue weighted by Gasteiger charge is 2.51. The minimum atomic E-state index is -2.22. The zero-order valence-corrected chi connectivity index (χ0v) is 14.1. The molecule has 7 nitrogen and oxygen atoms in total. The van der Waals surface area contributed by atoms with Crippen molar-refractivity contribution in [3.63, 3.8) is 0 Å². The van der Waals surface area contributed by atoms with E-state index in [-0.39, 0.29) is 25.1 Å². The first-order valence-corrected chi connectivity index (χ1v) is 8.13. The predicted molar refractivity (Wildman–Crippen MR) is 88.0 cm³/mol. The summed E-state index contributed by atoms with van der Waals surface area (Å²) in [6.45, 7) is 2.46. The highest BCUT2D eigenvalue weighted by Crippen LogP contribution is 2.28. The minimum Gasteiger partial charge on any atom is -0.372 e. The summed E-state index contributed by atoms with van der Waals surface area (Å²) < 4.78 is 28.0. The van der Waals surface area contributed by atoms with Gasteiger partial charge in [-0.3, -0.25) is 14.3 Å². The van der Waals surface area contributed by atoms with Crippen LogP contribution in [0, 0.1) is 11.6 Å². The SMILES string of the molecule is CCn1cc(N2CCC(O)(C(=O)NCc3cc(F)cc(F)c3)C2=O)cn1. The molecule has 2 aromatic rings. The lowest BCUT2D eigenvalue weighted by Crippen LogP contribution is -2.52. The number of anilines is 1. The molecule has 1 saturated heterocycles. The fourth-order valence-corrected chi connectivity index (χ4v) is 2.87. The van der Waals surface area contributed by atoms with Crippen LogP contribution in [-0.4, -0.2) is 38.8 Å². The van der Waals surface area contributed by atoms with Crippen molar-refractivity contribution < 1.29 is 23.5 Å². The Hall–Kier alpha value is -2.81. The molecule has 26 heavy (non-hydrogen) atoms. The molecule has 9 heteroatoms. The minimum absolute atomic E-state index is 0.0908. The Labute approximate surface area is 148 Å². The van der Waals surface area contributed by atoms with Gasteiger partial charge >= 0.3 is 0 Å². The summed E-state index contributed by atoms with van der Waals surface area (Å²) in [6.07, 6.45) is 3.05. The second kappa shape index (κ2) is 6.83. The number of rotatable bonds is 5. The molecule has 0 spiro atoms. The number of hydrogen-bond acceptors (Lipinski definition) is 4. The maximum atomic E-state index is 13.2. The van der Waals surface area contributed by atoms with Gasteiger partial charge in [0.25, 0.3) is 11.8 Å². The van der Waals surface area contributed by atoms with Gasteiger partial charge in [-0.15, -0.1) is 0 Å². The Morgan fingerprint density at radius 1 is 1.35 bits per heavy atom. The average molecular weight is 364 g/mol. The molecule has 1 aromatic carbocycles. The summed E-state index contributed by atoms with van der Waals surface area (Å²) in [5.74, 6) is -3.21. The summed E-state index contributed by atoms with van der Waals surface area (Å²) in [6, 6.07) is 2.85. The largest absolute Gasteiger partial charge is 0.372 e. The molecule has 0 saturated carbocycles. The summed E-state index contributed by atoms with van der Waals surface area (Å²) in [5, 5.41) is 17.0. The van der Waals surface area contributed by atoms with Crippen LogP contribution in [0.4, 0.5) is 14.5 Å². The van der Waals surface area contributed by atoms with Gasteiger partial charge in [0.05, 0.1) is 11.9 Å². The van der Waals surface area contributed by atoms with E-state index in [1.165, 1.54) is 11.1 Å². The van der Waals surface area contributed by atoms with Gasteiger partial charge < -0.3 is 15.3 Å². The van der Waals surface area contributed by atoms with E-state index in [4.69, 9.17) is 0 Å². The molecule has 1 aromatic heterocycles. The standard InChI is InChI=1S/C17H18F2N4O3/c1-2-22-10-14(9-21-22)23-4-3-17(26,16(23)25)15(24)20-8-11-5-12(18)7-13(19)6-11/h5-7,9-10,26H,2-4,8H2,1H3,(H,20,24). The Balaban J connectivity index is 1.69. The van der Waals surface area contributed by atoms with Crippen LogP contribution in [0.25, 0.3) is 0 Å². The number of nitrogens with zero attached hydrogens (tertiary/aromatic N) is 3. The molecule has 1 aliphatic heterocycles.